The average Bonchev–Trinajstić information content (AvgIpc) is 2.87. The van der Waals surface area contributed by atoms with Crippen LogP contribution in [0.3, 0.4) is 0 Å². The minimum atomic E-state index is 0.423. The summed E-state index contributed by atoms with van der Waals surface area (Å²) in [6.45, 7) is 3.67. The quantitative estimate of drug-likeness (QED) is 0.599. The molecule has 0 bridgehead atoms. The largest absolute Gasteiger partial charge is 0.406 e. The van der Waals surface area contributed by atoms with Crippen molar-refractivity contribution in [1.29, 1.82) is 0 Å². The lowest BCUT2D eigenvalue weighted by Crippen LogP contribution is -2.13. The van der Waals surface area contributed by atoms with E-state index in [9.17, 15) is 0 Å². The van der Waals surface area contributed by atoms with Crippen LogP contribution in [0.25, 0.3) is 0 Å². The molecule has 1 heterocycles. The summed E-state index contributed by atoms with van der Waals surface area (Å²) in [5, 5.41) is 14.3. The van der Waals surface area contributed by atoms with Gasteiger partial charge in [0.05, 0.1) is 6.54 Å². The second-order valence-corrected chi connectivity index (χ2v) is 4.91. The number of nitrogens with one attached hydrogen (secondary N) is 2. The maximum Gasteiger partial charge on any atom is 0.320 e. The van der Waals surface area contributed by atoms with Crippen LogP contribution in [-0.2, 0) is 6.54 Å². The topological polar surface area (TPSA) is 63.0 Å². The number of benzene rings is 1. The van der Waals surface area contributed by atoms with Crippen LogP contribution < -0.4 is 10.6 Å². The van der Waals surface area contributed by atoms with Crippen molar-refractivity contribution in [2.24, 2.45) is 0 Å². The molecule has 2 N–H and O–H groups in total. The minimum Gasteiger partial charge on any atom is -0.406 e. The SMILES string of the molecule is CCCNCc1nnc(Nc2cccc(SC)c2)o1. The fourth-order valence-electron chi connectivity index (χ4n) is 1.57. The molecule has 0 fully saturated rings. The highest BCUT2D eigenvalue weighted by molar-refractivity contribution is 7.98. The van der Waals surface area contributed by atoms with Gasteiger partial charge < -0.3 is 15.1 Å². The number of hydrogen-bond acceptors (Lipinski definition) is 6. The summed E-state index contributed by atoms with van der Waals surface area (Å²) in [5.41, 5.74) is 0.948. The highest BCUT2D eigenvalue weighted by atomic mass is 32.2. The molecule has 6 heteroatoms. The van der Waals surface area contributed by atoms with Crippen LogP contribution in [0.5, 0.6) is 0 Å². The Morgan fingerprint density at radius 2 is 2.21 bits per heavy atom. The van der Waals surface area contributed by atoms with E-state index in [1.807, 2.05) is 24.5 Å². The van der Waals surface area contributed by atoms with Crippen LogP contribution in [0.15, 0.2) is 33.6 Å². The minimum absolute atomic E-state index is 0.423. The van der Waals surface area contributed by atoms with Crippen LogP contribution >= 0.6 is 11.8 Å². The smallest absolute Gasteiger partial charge is 0.320 e. The fraction of sp³-hybridized carbons (Fsp3) is 0.385. The Morgan fingerprint density at radius 3 is 3.00 bits per heavy atom. The van der Waals surface area contributed by atoms with Crippen molar-refractivity contribution in [3.8, 4) is 0 Å². The van der Waals surface area contributed by atoms with Crippen molar-refractivity contribution >= 4 is 23.5 Å². The normalized spacial score (nSPS) is 10.6. The average molecular weight is 278 g/mol. The van der Waals surface area contributed by atoms with Crippen molar-refractivity contribution in [2.45, 2.75) is 24.8 Å². The van der Waals surface area contributed by atoms with Gasteiger partial charge in [0, 0.05) is 10.6 Å². The van der Waals surface area contributed by atoms with Crippen LogP contribution in [0, 0.1) is 0 Å². The van der Waals surface area contributed by atoms with Gasteiger partial charge in [-0.25, -0.2) is 0 Å². The zero-order chi connectivity index (χ0) is 13.5. The Balaban J connectivity index is 1.95. The molecule has 0 spiro atoms. The summed E-state index contributed by atoms with van der Waals surface area (Å²) >= 11 is 1.70. The predicted molar refractivity (Wildman–Crippen MR) is 77.8 cm³/mol. The van der Waals surface area contributed by atoms with E-state index in [0.29, 0.717) is 18.5 Å². The first kappa shape index (κ1) is 13.9. The van der Waals surface area contributed by atoms with Crippen LogP contribution in [0.4, 0.5) is 11.7 Å². The Morgan fingerprint density at radius 1 is 1.32 bits per heavy atom. The summed E-state index contributed by atoms with van der Waals surface area (Å²) in [6, 6.07) is 8.49. The first-order valence-electron chi connectivity index (χ1n) is 6.26. The van der Waals surface area contributed by atoms with E-state index in [4.69, 9.17) is 4.42 Å². The number of thioether (sulfide) groups is 1. The Labute approximate surface area is 117 Å². The van der Waals surface area contributed by atoms with E-state index in [1.54, 1.807) is 11.8 Å². The predicted octanol–water partition coefficient (Wildman–Crippen LogP) is 3.03. The molecule has 0 aliphatic carbocycles. The second kappa shape index (κ2) is 7.16. The van der Waals surface area contributed by atoms with Crippen molar-refractivity contribution in [2.75, 3.05) is 18.1 Å². The number of hydrogen-bond donors (Lipinski definition) is 2. The van der Waals surface area contributed by atoms with Crippen molar-refractivity contribution in [3.05, 3.63) is 30.2 Å². The summed E-state index contributed by atoms with van der Waals surface area (Å²) < 4.78 is 5.51. The maximum absolute atomic E-state index is 5.51. The molecule has 1 aromatic carbocycles. The van der Waals surface area contributed by atoms with E-state index in [0.717, 1.165) is 18.7 Å². The Kier molecular flexibility index (Phi) is 5.23. The molecule has 19 heavy (non-hydrogen) atoms. The van der Waals surface area contributed by atoms with E-state index in [1.165, 1.54) is 4.90 Å². The highest BCUT2D eigenvalue weighted by Gasteiger charge is 2.05. The summed E-state index contributed by atoms with van der Waals surface area (Å²) in [7, 11) is 0. The number of anilines is 2. The van der Waals surface area contributed by atoms with Gasteiger partial charge in [0.15, 0.2) is 0 Å². The first-order valence-corrected chi connectivity index (χ1v) is 7.48. The van der Waals surface area contributed by atoms with Gasteiger partial charge in [-0.15, -0.1) is 16.9 Å². The zero-order valence-electron chi connectivity index (χ0n) is 11.1. The van der Waals surface area contributed by atoms with Gasteiger partial charge in [-0.1, -0.05) is 18.1 Å². The number of nitrogens with zero attached hydrogens (tertiary/aromatic N) is 2. The zero-order valence-corrected chi connectivity index (χ0v) is 12.0. The second-order valence-electron chi connectivity index (χ2n) is 4.03. The van der Waals surface area contributed by atoms with Crippen LogP contribution in [-0.4, -0.2) is 23.0 Å². The third-order valence-electron chi connectivity index (χ3n) is 2.49. The molecule has 1 aromatic heterocycles. The lowest BCUT2D eigenvalue weighted by molar-refractivity contribution is 0.479. The maximum atomic E-state index is 5.51. The summed E-state index contributed by atoms with van der Waals surface area (Å²) in [4.78, 5) is 1.19. The van der Waals surface area contributed by atoms with Gasteiger partial charge in [-0.3, -0.25) is 0 Å². The Hall–Kier alpha value is -1.53. The third-order valence-corrected chi connectivity index (χ3v) is 3.22. The van der Waals surface area contributed by atoms with Gasteiger partial charge in [-0.05, 0) is 37.4 Å². The fourth-order valence-corrected chi connectivity index (χ4v) is 2.03. The first-order chi connectivity index (χ1) is 9.31. The molecular weight excluding hydrogens is 260 g/mol. The van der Waals surface area contributed by atoms with E-state index >= 15 is 0 Å². The van der Waals surface area contributed by atoms with E-state index in [-0.39, 0.29) is 0 Å². The summed E-state index contributed by atoms with van der Waals surface area (Å²) in [6.07, 6.45) is 3.13. The molecule has 0 radical (unpaired) electrons. The molecule has 0 aliphatic heterocycles. The third kappa shape index (κ3) is 4.25. The highest BCUT2D eigenvalue weighted by Crippen LogP contribution is 2.21. The lowest BCUT2D eigenvalue weighted by atomic mass is 10.3. The van der Waals surface area contributed by atoms with E-state index < -0.39 is 0 Å². The van der Waals surface area contributed by atoms with Gasteiger partial charge in [0.25, 0.3) is 0 Å². The molecule has 2 aromatic rings. The Bertz CT molecular complexity index is 515. The van der Waals surface area contributed by atoms with Gasteiger partial charge in [-0.2, -0.15) is 0 Å². The molecule has 0 saturated carbocycles. The van der Waals surface area contributed by atoms with Gasteiger partial charge in [0.1, 0.15) is 0 Å². The van der Waals surface area contributed by atoms with Gasteiger partial charge in [0.2, 0.25) is 5.89 Å². The number of aromatic nitrogens is 2. The number of rotatable bonds is 7. The summed E-state index contributed by atoms with van der Waals surface area (Å²) in [5.74, 6) is 0.594. The van der Waals surface area contributed by atoms with Gasteiger partial charge >= 0.3 is 6.01 Å². The monoisotopic (exact) mass is 278 g/mol. The molecule has 0 atom stereocenters. The molecule has 0 amide bonds. The standard InChI is InChI=1S/C13H18N4OS/c1-3-7-14-9-12-16-17-13(18-12)15-10-5-4-6-11(8-10)19-2/h4-6,8,14H,3,7,9H2,1-2H3,(H,15,17). The van der Waals surface area contributed by atoms with Crippen LogP contribution in [0.2, 0.25) is 0 Å². The van der Waals surface area contributed by atoms with Crippen molar-refractivity contribution in [1.82, 2.24) is 15.5 Å². The molecule has 2 rings (SSSR count). The molecule has 102 valence electrons. The van der Waals surface area contributed by atoms with E-state index in [2.05, 4.69) is 33.8 Å². The molecule has 0 aliphatic rings. The molecule has 0 unspecified atom stereocenters. The molecule has 5 nitrogen and oxygen atoms in total. The van der Waals surface area contributed by atoms with Crippen LogP contribution in [0.1, 0.15) is 19.2 Å². The van der Waals surface area contributed by atoms with Crippen molar-refractivity contribution in [3.63, 3.8) is 0 Å². The molecular formula is C13H18N4OS. The van der Waals surface area contributed by atoms with Crippen molar-refractivity contribution < 1.29 is 4.42 Å². The lowest BCUT2D eigenvalue weighted by Gasteiger charge is -2.02. The molecule has 0 saturated heterocycles.